The minimum absolute atomic E-state index is 0.101. The van der Waals surface area contributed by atoms with Gasteiger partial charge in [0.05, 0.1) is 0 Å². The Morgan fingerprint density at radius 1 is 0.875 bits per heavy atom. The molecule has 0 amide bonds. The molecule has 0 heterocycles. The molecule has 24 heavy (non-hydrogen) atoms. The fourth-order valence-electron chi connectivity index (χ4n) is 4.61. The van der Waals surface area contributed by atoms with E-state index in [4.69, 9.17) is 0 Å². The highest BCUT2D eigenvalue weighted by atomic mass is 14.4. The van der Waals surface area contributed by atoms with E-state index in [0.29, 0.717) is 0 Å². The van der Waals surface area contributed by atoms with Crippen LogP contribution >= 0.6 is 0 Å². The summed E-state index contributed by atoms with van der Waals surface area (Å²) in [4.78, 5) is 0. The topological polar surface area (TPSA) is 0 Å². The van der Waals surface area contributed by atoms with Gasteiger partial charge in [-0.05, 0) is 98.6 Å². The van der Waals surface area contributed by atoms with E-state index < -0.39 is 0 Å². The van der Waals surface area contributed by atoms with E-state index in [1.54, 1.807) is 0 Å². The SMILES string of the molecule is CC1=C(C)C(C)(C)C(C2=CC[C]=C2c2c(C)cc(C)cc2C)=C1C. The van der Waals surface area contributed by atoms with Gasteiger partial charge >= 0.3 is 0 Å². The summed E-state index contributed by atoms with van der Waals surface area (Å²) in [6, 6.07) is 4.59. The number of allylic oxidation sites excluding steroid dienone is 8. The van der Waals surface area contributed by atoms with E-state index in [0.717, 1.165) is 6.42 Å². The van der Waals surface area contributed by atoms with Crippen LogP contribution in [-0.4, -0.2) is 0 Å². The Kier molecular flexibility index (Phi) is 3.98. The zero-order chi connectivity index (χ0) is 17.8. The second-order valence-corrected chi connectivity index (χ2v) is 8.02. The van der Waals surface area contributed by atoms with Crippen molar-refractivity contribution >= 4 is 5.57 Å². The molecule has 2 aliphatic rings. The lowest BCUT2D eigenvalue weighted by Gasteiger charge is -2.29. The molecular weight excluding hydrogens is 288 g/mol. The third kappa shape index (κ3) is 2.35. The molecule has 1 radical (unpaired) electrons. The summed E-state index contributed by atoms with van der Waals surface area (Å²) >= 11 is 0. The monoisotopic (exact) mass is 317 g/mol. The van der Waals surface area contributed by atoms with Crippen LogP contribution in [0.2, 0.25) is 0 Å². The second-order valence-electron chi connectivity index (χ2n) is 8.02. The predicted octanol–water partition coefficient (Wildman–Crippen LogP) is 6.82. The van der Waals surface area contributed by atoms with Crippen molar-refractivity contribution in [1.29, 1.82) is 0 Å². The maximum absolute atomic E-state index is 3.66. The van der Waals surface area contributed by atoms with Crippen LogP contribution < -0.4 is 0 Å². The van der Waals surface area contributed by atoms with Crippen molar-refractivity contribution in [3.05, 3.63) is 74.4 Å². The predicted molar refractivity (Wildman–Crippen MR) is 105 cm³/mol. The molecule has 0 nitrogen and oxygen atoms in total. The van der Waals surface area contributed by atoms with Gasteiger partial charge in [0, 0.05) is 5.41 Å². The molecule has 125 valence electrons. The second kappa shape index (κ2) is 5.62. The van der Waals surface area contributed by atoms with Crippen LogP contribution in [-0.2, 0) is 0 Å². The maximum atomic E-state index is 3.66. The molecule has 0 heteroatoms. The lowest BCUT2D eigenvalue weighted by Crippen LogP contribution is -2.16. The summed E-state index contributed by atoms with van der Waals surface area (Å²) < 4.78 is 0. The Hall–Kier alpha value is -1.82. The molecular formula is C24H29. The number of hydrogen-bond acceptors (Lipinski definition) is 0. The molecule has 3 rings (SSSR count). The van der Waals surface area contributed by atoms with Gasteiger partial charge in [0.2, 0.25) is 0 Å². The number of rotatable bonds is 2. The van der Waals surface area contributed by atoms with Crippen molar-refractivity contribution in [2.75, 3.05) is 0 Å². The van der Waals surface area contributed by atoms with Crippen LogP contribution in [0.5, 0.6) is 0 Å². The summed E-state index contributed by atoms with van der Waals surface area (Å²) in [5.74, 6) is 0. The summed E-state index contributed by atoms with van der Waals surface area (Å²) in [6.45, 7) is 18.2. The van der Waals surface area contributed by atoms with Gasteiger partial charge < -0.3 is 0 Å². The van der Waals surface area contributed by atoms with Crippen molar-refractivity contribution in [2.45, 2.75) is 61.8 Å². The minimum Gasteiger partial charge on any atom is -0.0719 e. The average molecular weight is 317 g/mol. The van der Waals surface area contributed by atoms with E-state index in [9.17, 15) is 0 Å². The molecule has 0 unspecified atom stereocenters. The van der Waals surface area contributed by atoms with Gasteiger partial charge in [-0.2, -0.15) is 0 Å². The first-order valence-electron chi connectivity index (χ1n) is 8.96. The van der Waals surface area contributed by atoms with Crippen molar-refractivity contribution in [2.24, 2.45) is 5.41 Å². The van der Waals surface area contributed by atoms with E-state index in [-0.39, 0.29) is 5.41 Å². The van der Waals surface area contributed by atoms with Crippen molar-refractivity contribution in [3.8, 4) is 0 Å². The van der Waals surface area contributed by atoms with E-state index >= 15 is 0 Å². The van der Waals surface area contributed by atoms with Crippen LogP contribution in [0, 0.1) is 32.3 Å². The van der Waals surface area contributed by atoms with Crippen LogP contribution in [0.25, 0.3) is 5.57 Å². The quantitative estimate of drug-likeness (QED) is 0.561. The van der Waals surface area contributed by atoms with Gasteiger partial charge in [0.25, 0.3) is 0 Å². The van der Waals surface area contributed by atoms with Crippen LogP contribution in [0.1, 0.15) is 63.3 Å². The molecule has 1 aromatic carbocycles. The van der Waals surface area contributed by atoms with Crippen LogP contribution in [0.3, 0.4) is 0 Å². The van der Waals surface area contributed by atoms with Crippen molar-refractivity contribution in [1.82, 2.24) is 0 Å². The zero-order valence-electron chi connectivity index (χ0n) is 16.4. The van der Waals surface area contributed by atoms with Gasteiger partial charge in [0.1, 0.15) is 0 Å². The first-order chi connectivity index (χ1) is 11.2. The van der Waals surface area contributed by atoms with E-state index in [1.807, 2.05) is 0 Å². The standard InChI is InChI=1S/C24H29/c1-14-12-15(2)22(16(3)13-14)20-10-9-11-21(20)23-18(5)17(4)19(6)24(23,7)8/h11-13H,9H2,1-8H3. The first-order valence-corrected chi connectivity index (χ1v) is 8.96. The first kappa shape index (κ1) is 17.0. The fourth-order valence-corrected chi connectivity index (χ4v) is 4.61. The molecule has 0 N–H and O–H groups in total. The molecule has 2 aliphatic carbocycles. The molecule has 0 saturated heterocycles. The summed E-state index contributed by atoms with van der Waals surface area (Å²) in [7, 11) is 0. The number of hydrogen-bond donors (Lipinski definition) is 0. The normalized spacial score (nSPS) is 20.0. The molecule has 0 spiro atoms. The van der Waals surface area contributed by atoms with Gasteiger partial charge in [0.15, 0.2) is 0 Å². The van der Waals surface area contributed by atoms with E-state index in [2.05, 4.69) is 79.7 Å². The third-order valence-corrected chi connectivity index (χ3v) is 6.11. The summed E-state index contributed by atoms with van der Waals surface area (Å²) in [5.41, 5.74) is 14.2. The Morgan fingerprint density at radius 2 is 1.46 bits per heavy atom. The number of aryl methyl sites for hydroxylation is 3. The Labute approximate surface area is 147 Å². The molecule has 1 aromatic rings. The maximum Gasteiger partial charge on any atom is 0.0117 e. The highest BCUT2D eigenvalue weighted by Gasteiger charge is 2.38. The van der Waals surface area contributed by atoms with Crippen LogP contribution in [0.15, 0.2) is 46.1 Å². The van der Waals surface area contributed by atoms with Gasteiger partial charge in [-0.25, -0.2) is 0 Å². The fraction of sp³-hybridized carbons (Fsp3) is 0.417. The zero-order valence-corrected chi connectivity index (χ0v) is 16.4. The molecule has 0 atom stereocenters. The molecule has 0 bridgehead atoms. The molecule has 0 aliphatic heterocycles. The van der Waals surface area contributed by atoms with Gasteiger partial charge in [-0.1, -0.05) is 43.2 Å². The van der Waals surface area contributed by atoms with Crippen molar-refractivity contribution in [3.63, 3.8) is 0 Å². The lowest BCUT2D eigenvalue weighted by atomic mass is 9.75. The van der Waals surface area contributed by atoms with Gasteiger partial charge in [-0.3, -0.25) is 0 Å². The number of benzene rings is 1. The third-order valence-electron chi connectivity index (χ3n) is 6.11. The molecule has 0 saturated carbocycles. The van der Waals surface area contributed by atoms with Gasteiger partial charge in [-0.15, -0.1) is 0 Å². The lowest BCUT2D eigenvalue weighted by molar-refractivity contribution is 0.557. The summed E-state index contributed by atoms with van der Waals surface area (Å²) in [5, 5.41) is 0. The minimum atomic E-state index is 0.101. The van der Waals surface area contributed by atoms with E-state index in [1.165, 1.54) is 55.7 Å². The Bertz CT molecular complexity index is 825. The highest BCUT2D eigenvalue weighted by Crippen LogP contribution is 2.53. The summed E-state index contributed by atoms with van der Waals surface area (Å²) in [6.07, 6.45) is 6.95. The molecule has 0 aromatic heterocycles. The largest absolute Gasteiger partial charge is 0.0719 e. The highest BCUT2D eigenvalue weighted by molar-refractivity contribution is 5.89. The average Bonchev–Trinajstić information content (AvgIpc) is 2.97. The smallest absolute Gasteiger partial charge is 0.0117 e. The molecule has 0 fully saturated rings. The Balaban J connectivity index is 2.15. The van der Waals surface area contributed by atoms with Crippen molar-refractivity contribution < 1.29 is 0 Å². The Morgan fingerprint density at radius 3 is 1.96 bits per heavy atom. The van der Waals surface area contributed by atoms with Crippen LogP contribution in [0.4, 0.5) is 0 Å².